The summed E-state index contributed by atoms with van der Waals surface area (Å²) in [5.41, 5.74) is 2.39. The number of hydrogen-bond acceptors (Lipinski definition) is 4. The van der Waals surface area contributed by atoms with Crippen LogP contribution < -0.4 is 19.5 Å². The molecule has 1 amide bonds. The average Bonchev–Trinajstić information content (AvgIpc) is 3.04. The molecule has 0 saturated carbocycles. The fourth-order valence-electron chi connectivity index (χ4n) is 2.82. The van der Waals surface area contributed by atoms with Crippen molar-refractivity contribution in [2.75, 3.05) is 22.8 Å². The van der Waals surface area contributed by atoms with Gasteiger partial charge in [-0.1, -0.05) is 13.0 Å². The highest BCUT2D eigenvalue weighted by Crippen LogP contribution is 2.32. The van der Waals surface area contributed by atoms with E-state index in [-0.39, 0.29) is 5.91 Å². The van der Waals surface area contributed by atoms with E-state index in [2.05, 4.69) is 5.32 Å². The monoisotopic (exact) mass is 375 g/mol. The van der Waals surface area contributed by atoms with Crippen LogP contribution in [0.4, 0.5) is 11.4 Å². The lowest BCUT2D eigenvalue weighted by molar-refractivity contribution is 0.102. The van der Waals surface area contributed by atoms with Crippen molar-refractivity contribution >= 4 is 27.5 Å². The fraction of sp³-hybridized carbons (Fsp3) is 0.278. The van der Waals surface area contributed by atoms with Crippen molar-refractivity contribution in [3.8, 4) is 5.75 Å². The van der Waals surface area contributed by atoms with Gasteiger partial charge >= 0.3 is 0 Å². The number of carbonyl (C=O) groups excluding carboxylic acids is 1. The van der Waals surface area contributed by atoms with Gasteiger partial charge in [-0.2, -0.15) is 8.42 Å². The van der Waals surface area contributed by atoms with Crippen LogP contribution >= 0.6 is 0 Å². The number of benzene rings is 2. The number of hydrogen-bond donors (Lipinski definition) is 2. The Kier molecular flexibility index (Phi) is 5.15. The zero-order valence-corrected chi connectivity index (χ0v) is 15.3. The Bertz CT molecular complexity index is 911. The molecule has 7 nitrogen and oxygen atoms in total. The maximum absolute atomic E-state index is 12.4. The number of nitrogens with zero attached hydrogens (tertiary/aromatic N) is 1. The molecule has 2 aromatic carbocycles. The molecule has 0 aromatic heterocycles. The van der Waals surface area contributed by atoms with E-state index in [0.29, 0.717) is 42.3 Å². The first kappa shape index (κ1) is 18.2. The molecular weight excluding hydrogens is 354 g/mol. The summed E-state index contributed by atoms with van der Waals surface area (Å²) in [6.45, 7) is 2.96. The third-order valence-corrected chi connectivity index (χ3v) is 5.09. The number of anilines is 2. The van der Waals surface area contributed by atoms with E-state index in [4.69, 9.17) is 9.88 Å². The Hall–Kier alpha value is -2.58. The van der Waals surface area contributed by atoms with E-state index in [1.165, 1.54) is 0 Å². The molecule has 0 unspecified atom stereocenters. The van der Waals surface area contributed by atoms with Gasteiger partial charge < -0.3 is 10.1 Å². The Morgan fingerprint density at radius 1 is 1.23 bits per heavy atom. The summed E-state index contributed by atoms with van der Waals surface area (Å²) in [6, 6.07) is 12.0. The molecule has 1 heterocycles. The van der Waals surface area contributed by atoms with E-state index in [9.17, 15) is 13.2 Å². The highest BCUT2D eigenvalue weighted by Gasteiger charge is 2.27. The minimum absolute atomic E-state index is 0.285. The van der Waals surface area contributed by atoms with Crippen LogP contribution in [0.25, 0.3) is 0 Å². The number of rotatable bonds is 6. The van der Waals surface area contributed by atoms with Gasteiger partial charge in [0.15, 0.2) is 0 Å². The topological polar surface area (TPSA) is 102 Å². The summed E-state index contributed by atoms with van der Waals surface area (Å²) in [6.07, 6.45) is 1.51. The van der Waals surface area contributed by atoms with E-state index in [0.717, 1.165) is 16.3 Å². The lowest BCUT2D eigenvalue weighted by atomic mass is 10.1. The van der Waals surface area contributed by atoms with Gasteiger partial charge in [-0.05, 0) is 54.8 Å². The van der Waals surface area contributed by atoms with Crippen molar-refractivity contribution in [1.29, 1.82) is 0 Å². The molecule has 0 radical (unpaired) electrons. The second-order valence-corrected chi connectivity index (χ2v) is 7.51. The predicted octanol–water partition coefficient (Wildman–Crippen LogP) is 2.29. The minimum Gasteiger partial charge on any atom is -0.494 e. The van der Waals surface area contributed by atoms with Crippen LogP contribution in [-0.2, 0) is 16.6 Å². The second-order valence-electron chi connectivity index (χ2n) is 6.04. The number of fused-ring (bicyclic) bond motifs is 1. The molecule has 0 bridgehead atoms. The molecular formula is C18H21N3O4S. The zero-order valence-electron chi connectivity index (χ0n) is 14.4. The van der Waals surface area contributed by atoms with Crippen molar-refractivity contribution in [2.45, 2.75) is 19.8 Å². The third kappa shape index (κ3) is 3.97. The second kappa shape index (κ2) is 7.35. The van der Waals surface area contributed by atoms with Gasteiger partial charge in [-0.3, -0.25) is 9.10 Å². The predicted molar refractivity (Wildman–Crippen MR) is 101 cm³/mol. The summed E-state index contributed by atoms with van der Waals surface area (Å²) in [4.78, 5) is 12.4. The first-order chi connectivity index (χ1) is 12.4. The zero-order chi connectivity index (χ0) is 18.7. The van der Waals surface area contributed by atoms with Gasteiger partial charge in [0.1, 0.15) is 5.75 Å². The molecule has 1 aliphatic heterocycles. The minimum atomic E-state index is -3.82. The van der Waals surface area contributed by atoms with Gasteiger partial charge in [-0.25, -0.2) is 5.14 Å². The summed E-state index contributed by atoms with van der Waals surface area (Å²) in [5, 5.41) is 8.03. The molecule has 0 saturated heterocycles. The smallest absolute Gasteiger partial charge is 0.299 e. The molecule has 0 aliphatic carbocycles. The number of ether oxygens (including phenoxy) is 1. The molecule has 0 fully saturated rings. The van der Waals surface area contributed by atoms with Crippen LogP contribution in [0.3, 0.4) is 0 Å². The Morgan fingerprint density at radius 2 is 1.96 bits per heavy atom. The summed E-state index contributed by atoms with van der Waals surface area (Å²) in [5.74, 6) is 0.428. The molecule has 1 aliphatic rings. The molecule has 8 heteroatoms. The van der Waals surface area contributed by atoms with Gasteiger partial charge in [-0.15, -0.1) is 0 Å². The SMILES string of the molecule is CCCOc1ccc(C(=O)Nc2ccc3c(c2)N(S(N)(=O)=O)CC3)cc1. The Labute approximate surface area is 152 Å². The van der Waals surface area contributed by atoms with Crippen molar-refractivity contribution in [1.82, 2.24) is 0 Å². The lowest BCUT2D eigenvalue weighted by Crippen LogP contribution is -2.35. The van der Waals surface area contributed by atoms with E-state index >= 15 is 0 Å². The summed E-state index contributed by atoms with van der Waals surface area (Å²) in [7, 11) is -3.82. The first-order valence-corrected chi connectivity index (χ1v) is 9.86. The van der Waals surface area contributed by atoms with Crippen LogP contribution in [-0.4, -0.2) is 27.5 Å². The van der Waals surface area contributed by atoms with Crippen LogP contribution in [0.1, 0.15) is 29.3 Å². The highest BCUT2D eigenvalue weighted by molar-refractivity contribution is 7.90. The normalized spacial score (nSPS) is 13.4. The summed E-state index contributed by atoms with van der Waals surface area (Å²) >= 11 is 0. The van der Waals surface area contributed by atoms with Crippen LogP contribution in [0.5, 0.6) is 5.75 Å². The van der Waals surface area contributed by atoms with Crippen molar-refractivity contribution in [2.24, 2.45) is 5.14 Å². The molecule has 26 heavy (non-hydrogen) atoms. The van der Waals surface area contributed by atoms with Gasteiger partial charge in [0, 0.05) is 17.8 Å². The van der Waals surface area contributed by atoms with Crippen molar-refractivity contribution in [3.63, 3.8) is 0 Å². The van der Waals surface area contributed by atoms with E-state index < -0.39 is 10.2 Å². The van der Waals surface area contributed by atoms with Gasteiger partial charge in [0.05, 0.1) is 12.3 Å². The molecule has 2 aromatic rings. The molecule has 0 spiro atoms. The number of carbonyl (C=O) groups is 1. The van der Waals surface area contributed by atoms with E-state index in [1.807, 2.05) is 6.92 Å². The Balaban J connectivity index is 1.74. The molecule has 0 atom stereocenters. The molecule has 3 rings (SSSR count). The van der Waals surface area contributed by atoms with Gasteiger partial charge in [0.2, 0.25) is 0 Å². The van der Waals surface area contributed by atoms with Crippen molar-refractivity contribution < 1.29 is 17.9 Å². The quantitative estimate of drug-likeness (QED) is 0.809. The Morgan fingerprint density at radius 3 is 2.62 bits per heavy atom. The largest absolute Gasteiger partial charge is 0.494 e. The fourth-order valence-corrected chi connectivity index (χ4v) is 3.61. The van der Waals surface area contributed by atoms with Crippen molar-refractivity contribution in [3.05, 3.63) is 53.6 Å². The number of nitrogens with one attached hydrogen (secondary N) is 1. The maximum atomic E-state index is 12.4. The van der Waals surface area contributed by atoms with Crippen LogP contribution in [0, 0.1) is 0 Å². The first-order valence-electron chi connectivity index (χ1n) is 8.36. The number of nitrogens with two attached hydrogens (primary N) is 1. The highest BCUT2D eigenvalue weighted by atomic mass is 32.2. The molecule has 3 N–H and O–H groups in total. The molecule has 138 valence electrons. The summed E-state index contributed by atoms with van der Waals surface area (Å²) < 4.78 is 30.0. The third-order valence-electron chi connectivity index (χ3n) is 4.09. The van der Waals surface area contributed by atoms with Crippen LogP contribution in [0.15, 0.2) is 42.5 Å². The standard InChI is InChI=1S/C18H21N3O4S/c1-2-11-25-16-7-4-14(5-8-16)18(22)20-15-6-3-13-9-10-21(17(13)12-15)26(19,23)24/h3-8,12H,2,9-11H2,1H3,(H,20,22)(H2,19,23,24). The van der Waals surface area contributed by atoms with Crippen LogP contribution in [0.2, 0.25) is 0 Å². The average molecular weight is 375 g/mol. The van der Waals surface area contributed by atoms with Gasteiger partial charge in [0.25, 0.3) is 16.1 Å². The maximum Gasteiger partial charge on any atom is 0.299 e. The lowest BCUT2D eigenvalue weighted by Gasteiger charge is -2.16. The number of amides is 1. The van der Waals surface area contributed by atoms with E-state index in [1.54, 1.807) is 42.5 Å².